The second kappa shape index (κ2) is 6.95. The first-order valence-corrected chi connectivity index (χ1v) is 4.37. The first kappa shape index (κ1) is 12.5. The maximum Gasteiger partial charge on any atom is 0.336 e. The molecule has 14 heavy (non-hydrogen) atoms. The molecule has 3 nitrogen and oxygen atoms in total. The second-order valence-electron chi connectivity index (χ2n) is 2.74. The van der Waals surface area contributed by atoms with E-state index in [0.29, 0.717) is 5.57 Å². The van der Waals surface area contributed by atoms with Gasteiger partial charge < -0.3 is 9.47 Å². The van der Waals surface area contributed by atoms with E-state index < -0.39 is 12.3 Å². The van der Waals surface area contributed by atoms with Crippen LogP contribution >= 0.6 is 0 Å². The first-order chi connectivity index (χ1) is 6.57. The van der Waals surface area contributed by atoms with Crippen LogP contribution in [0.2, 0.25) is 0 Å². The van der Waals surface area contributed by atoms with E-state index in [1.165, 1.54) is 6.26 Å². The minimum atomic E-state index is -0.597. The van der Waals surface area contributed by atoms with Crippen molar-refractivity contribution in [1.29, 1.82) is 0 Å². The summed E-state index contributed by atoms with van der Waals surface area (Å²) in [6.07, 6.45) is 6.26. The molecule has 0 amide bonds. The van der Waals surface area contributed by atoms with E-state index in [1.807, 2.05) is 19.1 Å². The van der Waals surface area contributed by atoms with Gasteiger partial charge in [-0.3, -0.25) is 0 Å². The van der Waals surface area contributed by atoms with Crippen LogP contribution in [-0.2, 0) is 14.3 Å². The molecule has 0 spiro atoms. The Morgan fingerprint density at radius 2 is 2.07 bits per heavy atom. The van der Waals surface area contributed by atoms with E-state index in [0.717, 1.165) is 0 Å². The van der Waals surface area contributed by atoms with Gasteiger partial charge in [0.1, 0.15) is 0 Å². The van der Waals surface area contributed by atoms with Crippen molar-refractivity contribution in [3.05, 3.63) is 36.6 Å². The van der Waals surface area contributed by atoms with Crippen molar-refractivity contribution >= 4 is 5.97 Å². The normalized spacial score (nSPS) is 13.1. The van der Waals surface area contributed by atoms with Crippen molar-refractivity contribution in [2.45, 2.75) is 27.1 Å². The molecule has 0 saturated carbocycles. The van der Waals surface area contributed by atoms with E-state index in [9.17, 15) is 4.79 Å². The number of carbonyl (C=O) groups is 1. The van der Waals surface area contributed by atoms with Gasteiger partial charge in [-0.15, -0.1) is 0 Å². The minimum Gasteiger partial charge on any atom is -0.463 e. The van der Waals surface area contributed by atoms with Crippen LogP contribution in [0.4, 0.5) is 0 Å². The van der Waals surface area contributed by atoms with Gasteiger partial charge in [0.2, 0.25) is 6.29 Å². The van der Waals surface area contributed by atoms with Gasteiger partial charge >= 0.3 is 5.97 Å². The van der Waals surface area contributed by atoms with Crippen molar-refractivity contribution in [2.24, 2.45) is 0 Å². The predicted molar refractivity (Wildman–Crippen MR) is 55.4 cm³/mol. The molecule has 0 bridgehead atoms. The van der Waals surface area contributed by atoms with Gasteiger partial charge in [-0.1, -0.05) is 18.7 Å². The predicted octanol–water partition coefficient (Wildman–Crippen LogP) is 2.56. The Labute approximate surface area is 84.7 Å². The average molecular weight is 196 g/mol. The molecular formula is C11H16O3. The summed E-state index contributed by atoms with van der Waals surface area (Å²) >= 11 is 0. The lowest BCUT2D eigenvalue weighted by Gasteiger charge is -2.11. The molecule has 0 saturated heterocycles. The van der Waals surface area contributed by atoms with Gasteiger partial charge in [0.15, 0.2) is 0 Å². The Morgan fingerprint density at radius 1 is 1.43 bits per heavy atom. The van der Waals surface area contributed by atoms with Crippen LogP contribution in [0.15, 0.2) is 36.6 Å². The maximum atomic E-state index is 11.0. The van der Waals surface area contributed by atoms with Crippen LogP contribution < -0.4 is 0 Å². The topological polar surface area (TPSA) is 35.5 Å². The Bertz CT molecular complexity index is 251. The monoisotopic (exact) mass is 196 g/mol. The van der Waals surface area contributed by atoms with Crippen molar-refractivity contribution in [3.63, 3.8) is 0 Å². The smallest absolute Gasteiger partial charge is 0.336 e. The number of hydrogen-bond acceptors (Lipinski definition) is 3. The van der Waals surface area contributed by atoms with Gasteiger partial charge in [-0.2, -0.15) is 0 Å². The van der Waals surface area contributed by atoms with Crippen molar-refractivity contribution in [1.82, 2.24) is 0 Å². The van der Waals surface area contributed by atoms with Crippen LogP contribution in [0.5, 0.6) is 0 Å². The number of esters is 1. The van der Waals surface area contributed by atoms with Crippen LogP contribution in [0.3, 0.4) is 0 Å². The molecule has 3 heteroatoms. The van der Waals surface area contributed by atoms with Crippen molar-refractivity contribution < 1.29 is 14.3 Å². The Morgan fingerprint density at radius 3 is 2.57 bits per heavy atom. The largest absolute Gasteiger partial charge is 0.463 e. The maximum absolute atomic E-state index is 11.0. The lowest BCUT2D eigenvalue weighted by Crippen LogP contribution is -2.16. The minimum absolute atomic E-state index is 0.359. The third-order valence-electron chi connectivity index (χ3n) is 1.27. The summed E-state index contributed by atoms with van der Waals surface area (Å²) in [7, 11) is 0. The molecule has 0 aliphatic rings. The van der Waals surface area contributed by atoms with Gasteiger partial charge in [0, 0.05) is 12.5 Å². The van der Waals surface area contributed by atoms with E-state index in [1.54, 1.807) is 19.9 Å². The number of ether oxygens (including phenoxy) is 2. The molecule has 0 heterocycles. The zero-order valence-corrected chi connectivity index (χ0v) is 8.82. The molecule has 0 radical (unpaired) electrons. The summed E-state index contributed by atoms with van der Waals surface area (Å²) < 4.78 is 9.90. The molecule has 0 aromatic carbocycles. The molecule has 0 aromatic heterocycles. The summed E-state index contributed by atoms with van der Waals surface area (Å²) in [6.45, 7) is 8.58. The van der Waals surface area contributed by atoms with E-state index in [2.05, 4.69) is 6.58 Å². The van der Waals surface area contributed by atoms with Gasteiger partial charge in [0.25, 0.3) is 0 Å². The van der Waals surface area contributed by atoms with Crippen molar-refractivity contribution in [2.75, 3.05) is 0 Å². The highest BCUT2D eigenvalue weighted by Crippen LogP contribution is 2.00. The van der Waals surface area contributed by atoms with Crippen LogP contribution in [0.25, 0.3) is 0 Å². The third kappa shape index (κ3) is 6.06. The molecular weight excluding hydrogens is 180 g/mol. The second-order valence-corrected chi connectivity index (χ2v) is 2.74. The zero-order chi connectivity index (χ0) is 11.0. The molecule has 78 valence electrons. The number of hydrogen-bond donors (Lipinski definition) is 0. The highest BCUT2D eigenvalue weighted by atomic mass is 16.7. The lowest BCUT2D eigenvalue weighted by atomic mass is 10.4. The Hall–Kier alpha value is -1.51. The Kier molecular flexibility index (Phi) is 6.20. The average Bonchev–Trinajstić information content (AvgIpc) is 2.12. The molecule has 0 fully saturated rings. The molecule has 1 unspecified atom stereocenters. The number of carbonyl (C=O) groups excluding carboxylic acids is 1. The van der Waals surface area contributed by atoms with E-state index >= 15 is 0 Å². The summed E-state index contributed by atoms with van der Waals surface area (Å²) in [4.78, 5) is 11.0. The number of rotatable bonds is 5. The van der Waals surface area contributed by atoms with Crippen molar-refractivity contribution in [3.8, 4) is 0 Å². The number of allylic oxidation sites excluding steroid dienone is 3. The fourth-order valence-electron chi connectivity index (χ4n) is 0.592. The third-order valence-corrected chi connectivity index (χ3v) is 1.27. The fraction of sp³-hybridized carbons (Fsp3) is 0.364. The van der Waals surface area contributed by atoms with E-state index in [-0.39, 0.29) is 0 Å². The van der Waals surface area contributed by atoms with Gasteiger partial charge in [-0.05, 0) is 19.9 Å². The molecule has 0 N–H and O–H groups in total. The standard InChI is InChI=1S/C11H16O3/c1-5-6-7-8-13-10(4)14-11(12)9(2)3/h5-8,10H,2H2,1,3-4H3/b6-5+,8-7+. The summed E-state index contributed by atoms with van der Waals surface area (Å²) in [5.41, 5.74) is 0.359. The van der Waals surface area contributed by atoms with Crippen LogP contribution in [0, 0.1) is 0 Å². The molecule has 0 aliphatic heterocycles. The lowest BCUT2D eigenvalue weighted by molar-refractivity contribution is -0.160. The highest BCUT2D eigenvalue weighted by Gasteiger charge is 2.08. The van der Waals surface area contributed by atoms with Crippen LogP contribution in [-0.4, -0.2) is 12.3 Å². The quantitative estimate of drug-likeness (QED) is 0.223. The summed E-state index contributed by atoms with van der Waals surface area (Å²) in [5.74, 6) is -0.447. The van der Waals surface area contributed by atoms with E-state index in [4.69, 9.17) is 9.47 Å². The zero-order valence-electron chi connectivity index (χ0n) is 8.82. The van der Waals surface area contributed by atoms with Gasteiger partial charge in [0.05, 0.1) is 6.26 Å². The van der Waals surface area contributed by atoms with Gasteiger partial charge in [-0.25, -0.2) is 4.79 Å². The fourth-order valence-corrected chi connectivity index (χ4v) is 0.592. The first-order valence-electron chi connectivity index (χ1n) is 4.37. The molecule has 0 aromatic rings. The SMILES string of the molecule is C=C(C)C(=O)OC(C)O/C=C/C=C/C. The van der Waals surface area contributed by atoms with Crippen LogP contribution in [0.1, 0.15) is 20.8 Å². The summed E-state index contributed by atoms with van der Waals surface area (Å²) in [6, 6.07) is 0. The molecule has 0 rings (SSSR count). The summed E-state index contributed by atoms with van der Waals surface area (Å²) in [5, 5.41) is 0. The highest BCUT2D eigenvalue weighted by molar-refractivity contribution is 5.86. The Balaban J connectivity index is 3.81. The molecule has 1 atom stereocenters. The molecule has 0 aliphatic carbocycles.